The lowest BCUT2D eigenvalue weighted by Crippen LogP contribution is -2.14. The van der Waals surface area contributed by atoms with Crippen LogP contribution in [0, 0.1) is 0 Å². The maximum Gasteiger partial charge on any atom is 0.230 e. The number of nitrogens with one attached hydrogen (secondary N) is 1. The number of anilines is 1. The van der Waals surface area contributed by atoms with Gasteiger partial charge in [0.15, 0.2) is 5.13 Å². The topological polar surface area (TPSA) is 51.2 Å². The van der Waals surface area contributed by atoms with E-state index >= 15 is 0 Å². The number of carbonyl (C=O) groups is 1. The fourth-order valence-electron chi connectivity index (χ4n) is 2.23. The predicted molar refractivity (Wildman–Crippen MR) is 103 cm³/mol. The molecular weight excluding hydrogens is 379 g/mol. The number of halogens is 2. The molecule has 0 aliphatic heterocycles. The summed E-state index contributed by atoms with van der Waals surface area (Å²) in [6.45, 7) is 0. The number of rotatable bonds is 5. The predicted octanol–water partition coefficient (Wildman–Crippen LogP) is 5.31. The van der Waals surface area contributed by atoms with Gasteiger partial charge in [-0.05, 0) is 42.0 Å². The van der Waals surface area contributed by atoms with E-state index < -0.39 is 0 Å². The molecule has 0 saturated carbocycles. The van der Waals surface area contributed by atoms with Gasteiger partial charge < -0.3 is 10.1 Å². The van der Waals surface area contributed by atoms with E-state index in [-0.39, 0.29) is 12.3 Å². The minimum absolute atomic E-state index is 0.160. The van der Waals surface area contributed by atoms with Crippen LogP contribution < -0.4 is 10.1 Å². The fourth-order valence-corrected chi connectivity index (χ4v) is 3.44. The lowest BCUT2D eigenvalue weighted by molar-refractivity contribution is -0.115. The molecule has 3 aromatic rings. The number of carbonyl (C=O) groups excluding carboxylic acids is 1. The first-order valence-corrected chi connectivity index (χ1v) is 9.02. The molecule has 4 nitrogen and oxygen atoms in total. The Morgan fingerprint density at radius 2 is 1.96 bits per heavy atom. The van der Waals surface area contributed by atoms with E-state index in [0.29, 0.717) is 15.2 Å². The molecule has 1 heterocycles. The third-order valence-electron chi connectivity index (χ3n) is 3.50. The van der Waals surface area contributed by atoms with Gasteiger partial charge in [0.1, 0.15) is 5.75 Å². The summed E-state index contributed by atoms with van der Waals surface area (Å²) in [5, 5.41) is 6.25. The summed E-state index contributed by atoms with van der Waals surface area (Å²) >= 11 is 13.3. The van der Waals surface area contributed by atoms with Gasteiger partial charge in [0, 0.05) is 21.0 Å². The molecule has 1 aromatic heterocycles. The third-order valence-corrected chi connectivity index (χ3v) is 4.85. The number of methoxy groups -OCH3 is 1. The number of hydrogen-bond donors (Lipinski definition) is 1. The van der Waals surface area contributed by atoms with Crippen molar-refractivity contribution in [3.63, 3.8) is 0 Å². The van der Waals surface area contributed by atoms with Crippen molar-refractivity contribution in [3.8, 4) is 17.0 Å². The van der Waals surface area contributed by atoms with Crippen molar-refractivity contribution in [3.05, 3.63) is 63.5 Å². The first kappa shape index (κ1) is 17.7. The molecule has 0 spiro atoms. The first-order valence-electron chi connectivity index (χ1n) is 7.39. The molecule has 0 radical (unpaired) electrons. The van der Waals surface area contributed by atoms with E-state index in [1.54, 1.807) is 25.3 Å². The Morgan fingerprint density at radius 3 is 2.64 bits per heavy atom. The van der Waals surface area contributed by atoms with Crippen LogP contribution in [0.25, 0.3) is 11.3 Å². The van der Waals surface area contributed by atoms with Crippen molar-refractivity contribution in [2.75, 3.05) is 12.4 Å². The van der Waals surface area contributed by atoms with Gasteiger partial charge in [0.2, 0.25) is 5.91 Å². The molecule has 25 heavy (non-hydrogen) atoms. The molecule has 0 saturated heterocycles. The van der Waals surface area contributed by atoms with E-state index in [1.807, 2.05) is 29.6 Å². The van der Waals surface area contributed by atoms with Crippen molar-refractivity contribution >= 4 is 45.6 Å². The molecule has 0 unspecified atom stereocenters. The monoisotopic (exact) mass is 392 g/mol. The van der Waals surface area contributed by atoms with Gasteiger partial charge in [-0.1, -0.05) is 29.3 Å². The van der Waals surface area contributed by atoms with E-state index in [0.717, 1.165) is 22.6 Å². The Bertz CT molecular complexity index is 894. The minimum atomic E-state index is -0.181. The first-order chi connectivity index (χ1) is 12.0. The zero-order valence-corrected chi connectivity index (χ0v) is 15.6. The molecule has 128 valence electrons. The number of benzene rings is 2. The van der Waals surface area contributed by atoms with Crippen LogP contribution in [-0.2, 0) is 11.2 Å². The Morgan fingerprint density at radius 1 is 1.20 bits per heavy atom. The molecule has 0 bridgehead atoms. The van der Waals surface area contributed by atoms with Gasteiger partial charge >= 0.3 is 0 Å². The van der Waals surface area contributed by atoms with Crippen LogP contribution in [0.2, 0.25) is 10.0 Å². The number of aromatic nitrogens is 1. The number of amides is 1. The second kappa shape index (κ2) is 7.87. The Kier molecular flexibility index (Phi) is 5.58. The fraction of sp³-hybridized carbons (Fsp3) is 0.111. The normalized spacial score (nSPS) is 10.5. The number of hydrogen-bond acceptors (Lipinski definition) is 4. The summed E-state index contributed by atoms with van der Waals surface area (Å²) in [5.41, 5.74) is 2.47. The second-order valence-corrected chi connectivity index (χ2v) is 6.93. The van der Waals surface area contributed by atoms with E-state index in [4.69, 9.17) is 27.9 Å². The molecule has 0 atom stereocenters. The quantitative estimate of drug-likeness (QED) is 0.640. The molecular formula is C18H14Cl2N2O2S. The highest BCUT2D eigenvalue weighted by molar-refractivity contribution is 7.14. The second-order valence-electron chi connectivity index (χ2n) is 5.23. The summed E-state index contributed by atoms with van der Waals surface area (Å²) in [6.07, 6.45) is 0.160. The Balaban J connectivity index is 1.67. The smallest absolute Gasteiger partial charge is 0.230 e. The highest BCUT2D eigenvalue weighted by Crippen LogP contribution is 2.27. The van der Waals surface area contributed by atoms with E-state index in [2.05, 4.69) is 10.3 Å². The van der Waals surface area contributed by atoms with E-state index in [9.17, 15) is 4.79 Å². The molecule has 0 aliphatic rings. The van der Waals surface area contributed by atoms with Crippen molar-refractivity contribution < 1.29 is 9.53 Å². The SMILES string of the molecule is COc1ccc(-c2csc(NC(=O)Cc3ccc(Cl)cc3Cl)n2)cc1. The number of thiazole rings is 1. The van der Waals surface area contributed by atoms with Crippen molar-refractivity contribution in [2.45, 2.75) is 6.42 Å². The van der Waals surface area contributed by atoms with Crippen LogP contribution in [0.3, 0.4) is 0 Å². The summed E-state index contributed by atoms with van der Waals surface area (Å²) in [6, 6.07) is 12.7. The number of nitrogens with zero attached hydrogens (tertiary/aromatic N) is 1. The lowest BCUT2D eigenvalue weighted by atomic mass is 10.1. The Labute approximate surface area is 159 Å². The highest BCUT2D eigenvalue weighted by atomic mass is 35.5. The lowest BCUT2D eigenvalue weighted by Gasteiger charge is -2.05. The summed E-state index contributed by atoms with van der Waals surface area (Å²) in [4.78, 5) is 16.6. The van der Waals surface area contributed by atoms with Crippen LogP contribution in [0.15, 0.2) is 47.8 Å². The summed E-state index contributed by atoms with van der Waals surface area (Å²) < 4.78 is 5.14. The molecule has 7 heteroatoms. The van der Waals surface area contributed by atoms with Crippen molar-refractivity contribution in [1.82, 2.24) is 4.98 Å². The van der Waals surface area contributed by atoms with Gasteiger partial charge in [-0.15, -0.1) is 11.3 Å². The van der Waals surface area contributed by atoms with Crippen molar-refractivity contribution in [2.24, 2.45) is 0 Å². The largest absolute Gasteiger partial charge is 0.497 e. The molecule has 3 rings (SSSR count). The minimum Gasteiger partial charge on any atom is -0.497 e. The zero-order valence-electron chi connectivity index (χ0n) is 13.3. The molecule has 0 fully saturated rings. The van der Waals surface area contributed by atoms with Crippen LogP contribution in [0.4, 0.5) is 5.13 Å². The van der Waals surface area contributed by atoms with Crippen molar-refractivity contribution in [1.29, 1.82) is 0 Å². The highest BCUT2D eigenvalue weighted by Gasteiger charge is 2.11. The summed E-state index contributed by atoms with van der Waals surface area (Å²) in [7, 11) is 1.62. The van der Waals surface area contributed by atoms with Crippen LogP contribution in [-0.4, -0.2) is 18.0 Å². The Hall–Kier alpha value is -2.08. The van der Waals surface area contributed by atoms with Gasteiger partial charge in [-0.2, -0.15) is 0 Å². The van der Waals surface area contributed by atoms with Gasteiger partial charge in [0.05, 0.1) is 19.2 Å². The van der Waals surface area contributed by atoms with Gasteiger partial charge in [0.25, 0.3) is 0 Å². The number of ether oxygens (including phenoxy) is 1. The average molecular weight is 393 g/mol. The van der Waals surface area contributed by atoms with Gasteiger partial charge in [-0.3, -0.25) is 4.79 Å². The third kappa shape index (κ3) is 4.51. The molecule has 1 N–H and O–H groups in total. The molecule has 2 aromatic carbocycles. The maximum atomic E-state index is 12.2. The van der Waals surface area contributed by atoms with E-state index in [1.165, 1.54) is 11.3 Å². The van der Waals surface area contributed by atoms with Crippen LogP contribution >= 0.6 is 34.5 Å². The van der Waals surface area contributed by atoms with Crippen LogP contribution in [0.1, 0.15) is 5.56 Å². The van der Waals surface area contributed by atoms with Crippen LogP contribution in [0.5, 0.6) is 5.75 Å². The zero-order chi connectivity index (χ0) is 17.8. The molecule has 0 aliphatic carbocycles. The average Bonchev–Trinajstić information content (AvgIpc) is 3.06. The maximum absolute atomic E-state index is 12.2. The summed E-state index contributed by atoms with van der Waals surface area (Å²) in [5.74, 6) is 0.604. The standard InChI is InChI=1S/C18H14Cl2N2O2S/c1-24-14-6-3-11(4-7-14)16-10-25-18(21-16)22-17(23)8-12-2-5-13(19)9-15(12)20/h2-7,9-10H,8H2,1H3,(H,21,22,23). The molecule has 1 amide bonds. The van der Waals surface area contributed by atoms with Gasteiger partial charge in [-0.25, -0.2) is 4.98 Å².